The molecular formula is C23H33ClN2O3. The molecule has 0 aliphatic heterocycles. The molecule has 1 unspecified atom stereocenters. The Labute approximate surface area is 180 Å². The number of methoxy groups -OCH3 is 1. The summed E-state index contributed by atoms with van der Waals surface area (Å²) in [5.74, 6) is 0.978. The second-order valence-corrected chi connectivity index (χ2v) is 7.28. The predicted molar refractivity (Wildman–Crippen MR) is 120 cm³/mol. The number of nitrogens with one attached hydrogen (secondary N) is 1. The van der Waals surface area contributed by atoms with Crippen LogP contribution in [0.1, 0.15) is 39.4 Å². The monoisotopic (exact) mass is 420 g/mol. The van der Waals surface area contributed by atoms with Gasteiger partial charge in [-0.1, -0.05) is 42.5 Å². The lowest BCUT2D eigenvalue weighted by Gasteiger charge is -2.30. The predicted octanol–water partition coefficient (Wildman–Crippen LogP) is 4.47. The number of carbonyl (C=O) groups is 1. The van der Waals surface area contributed by atoms with Gasteiger partial charge in [-0.15, -0.1) is 12.4 Å². The van der Waals surface area contributed by atoms with Crippen molar-refractivity contribution in [1.82, 2.24) is 10.2 Å². The maximum absolute atomic E-state index is 13.0. The second-order valence-electron chi connectivity index (χ2n) is 7.28. The van der Waals surface area contributed by atoms with Gasteiger partial charge >= 0.3 is 0 Å². The quantitative estimate of drug-likeness (QED) is 0.616. The van der Waals surface area contributed by atoms with Gasteiger partial charge in [-0.25, -0.2) is 0 Å². The van der Waals surface area contributed by atoms with Crippen LogP contribution in [0.15, 0.2) is 54.6 Å². The maximum Gasteiger partial charge on any atom is 0.265 e. The zero-order valence-corrected chi connectivity index (χ0v) is 18.7. The Morgan fingerprint density at radius 3 is 2.03 bits per heavy atom. The third-order valence-corrected chi connectivity index (χ3v) is 4.65. The number of halogens is 1. The van der Waals surface area contributed by atoms with Gasteiger partial charge in [0.15, 0.2) is 11.5 Å². The Balaban J connectivity index is 0.00000420. The largest absolute Gasteiger partial charge is 0.493 e. The summed E-state index contributed by atoms with van der Waals surface area (Å²) >= 11 is 0. The number of hydrogen-bond donors (Lipinski definition) is 1. The number of para-hydroxylation sites is 2. The molecule has 1 amide bonds. The van der Waals surface area contributed by atoms with Gasteiger partial charge in [0, 0.05) is 30.7 Å². The van der Waals surface area contributed by atoms with Crippen LogP contribution in [0.25, 0.3) is 0 Å². The topological polar surface area (TPSA) is 50.8 Å². The van der Waals surface area contributed by atoms with Crippen molar-refractivity contribution in [1.29, 1.82) is 0 Å². The molecule has 0 fully saturated rings. The first-order chi connectivity index (χ1) is 13.4. The third kappa shape index (κ3) is 7.26. The summed E-state index contributed by atoms with van der Waals surface area (Å²) in [6, 6.07) is 17.7. The Bertz CT molecular complexity index is 730. The molecule has 2 aromatic carbocycles. The van der Waals surface area contributed by atoms with Crippen molar-refractivity contribution in [3.63, 3.8) is 0 Å². The van der Waals surface area contributed by atoms with Crippen LogP contribution in [0, 0.1) is 0 Å². The number of nitrogens with zero attached hydrogens (tertiary/aromatic N) is 1. The van der Waals surface area contributed by atoms with Gasteiger partial charge in [0.2, 0.25) is 6.10 Å². The molecule has 0 spiro atoms. The van der Waals surface area contributed by atoms with Crippen LogP contribution in [0.3, 0.4) is 0 Å². The van der Waals surface area contributed by atoms with Gasteiger partial charge in [-0.2, -0.15) is 0 Å². The first-order valence-electron chi connectivity index (χ1n) is 9.82. The van der Waals surface area contributed by atoms with E-state index in [1.807, 2.05) is 48.5 Å². The van der Waals surface area contributed by atoms with Gasteiger partial charge in [-0.3, -0.25) is 9.69 Å². The summed E-state index contributed by atoms with van der Waals surface area (Å²) in [7, 11) is 1.59. The van der Waals surface area contributed by atoms with E-state index in [1.165, 1.54) is 0 Å². The van der Waals surface area contributed by atoms with Crippen LogP contribution in [-0.2, 0) is 4.79 Å². The highest BCUT2D eigenvalue weighted by molar-refractivity contribution is 5.85. The minimum absolute atomic E-state index is 0. The van der Waals surface area contributed by atoms with E-state index in [4.69, 9.17) is 9.47 Å². The number of carbonyl (C=O) groups excluding carboxylic acids is 1. The average molecular weight is 421 g/mol. The highest BCUT2D eigenvalue weighted by Gasteiger charge is 2.24. The van der Waals surface area contributed by atoms with Crippen molar-refractivity contribution >= 4 is 18.3 Å². The zero-order valence-electron chi connectivity index (χ0n) is 17.9. The van der Waals surface area contributed by atoms with Crippen molar-refractivity contribution < 1.29 is 14.3 Å². The SMILES string of the molecule is COc1ccccc1OC(C(=O)NCCN(C(C)C)C(C)C)c1ccccc1.Cl. The van der Waals surface area contributed by atoms with Crippen molar-refractivity contribution in [2.75, 3.05) is 20.2 Å². The highest BCUT2D eigenvalue weighted by atomic mass is 35.5. The molecule has 6 heteroatoms. The molecule has 160 valence electrons. The summed E-state index contributed by atoms with van der Waals surface area (Å²) in [6.45, 7) is 10.0. The molecule has 29 heavy (non-hydrogen) atoms. The Morgan fingerprint density at radius 2 is 1.48 bits per heavy atom. The first kappa shape index (κ1) is 24.8. The van der Waals surface area contributed by atoms with Crippen LogP contribution in [0.5, 0.6) is 11.5 Å². The van der Waals surface area contributed by atoms with Gasteiger partial charge < -0.3 is 14.8 Å². The van der Waals surface area contributed by atoms with E-state index in [0.29, 0.717) is 30.1 Å². The number of rotatable bonds is 10. The minimum atomic E-state index is -0.746. The molecule has 0 saturated heterocycles. The van der Waals surface area contributed by atoms with E-state index in [-0.39, 0.29) is 18.3 Å². The highest BCUT2D eigenvalue weighted by Crippen LogP contribution is 2.30. The number of amides is 1. The van der Waals surface area contributed by atoms with Crippen LogP contribution in [0.4, 0.5) is 0 Å². The van der Waals surface area contributed by atoms with E-state index in [1.54, 1.807) is 13.2 Å². The van der Waals surface area contributed by atoms with Crippen LogP contribution in [-0.4, -0.2) is 43.1 Å². The fraction of sp³-hybridized carbons (Fsp3) is 0.435. The van der Waals surface area contributed by atoms with Gasteiger partial charge in [0.05, 0.1) is 7.11 Å². The molecule has 1 atom stereocenters. The minimum Gasteiger partial charge on any atom is -0.493 e. The molecule has 2 rings (SSSR count). The molecule has 0 bridgehead atoms. The molecule has 5 nitrogen and oxygen atoms in total. The molecule has 0 heterocycles. The fourth-order valence-electron chi connectivity index (χ4n) is 3.26. The summed E-state index contributed by atoms with van der Waals surface area (Å²) in [6.07, 6.45) is -0.746. The summed E-state index contributed by atoms with van der Waals surface area (Å²) in [5.41, 5.74) is 0.801. The number of ether oxygens (including phenoxy) is 2. The van der Waals surface area contributed by atoms with E-state index >= 15 is 0 Å². The van der Waals surface area contributed by atoms with Crippen LogP contribution < -0.4 is 14.8 Å². The third-order valence-electron chi connectivity index (χ3n) is 4.65. The molecule has 0 saturated carbocycles. The van der Waals surface area contributed by atoms with Gasteiger partial charge in [0.25, 0.3) is 5.91 Å². The molecule has 2 aromatic rings. The molecule has 0 aromatic heterocycles. The second kappa shape index (κ2) is 12.3. The molecule has 0 radical (unpaired) electrons. The lowest BCUT2D eigenvalue weighted by molar-refractivity contribution is -0.128. The molecular weight excluding hydrogens is 388 g/mol. The van der Waals surface area contributed by atoms with E-state index < -0.39 is 6.10 Å². The van der Waals surface area contributed by atoms with Crippen LogP contribution in [0.2, 0.25) is 0 Å². The van der Waals surface area contributed by atoms with Gasteiger partial charge in [-0.05, 0) is 39.8 Å². The smallest absolute Gasteiger partial charge is 0.265 e. The Kier molecular flexibility index (Phi) is 10.6. The fourth-order valence-corrected chi connectivity index (χ4v) is 3.26. The van der Waals surface area contributed by atoms with E-state index in [2.05, 4.69) is 37.9 Å². The van der Waals surface area contributed by atoms with Crippen molar-refractivity contribution in [2.24, 2.45) is 0 Å². The number of benzene rings is 2. The van der Waals surface area contributed by atoms with E-state index in [9.17, 15) is 4.79 Å². The summed E-state index contributed by atoms with van der Waals surface area (Å²) in [4.78, 5) is 15.3. The lowest BCUT2D eigenvalue weighted by Crippen LogP contribution is -2.43. The molecule has 0 aliphatic rings. The maximum atomic E-state index is 13.0. The standard InChI is InChI=1S/C23H32N2O3.ClH/c1-17(2)25(18(3)4)16-15-24-23(26)22(19-11-7-6-8-12-19)28-21-14-10-9-13-20(21)27-5;/h6-14,17-18,22H,15-16H2,1-5H3,(H,24,26);1H. The number of hydrogen-bond acceptors (Lipinski definition) is 4. The van der Waals surface area contributed by atoms with Crippen molar-refractivity contribution in [2.45, 2.75) is 45.9 Å². The first-order valence-corrected chi connectivity index (χ1v) is 9.82. The van der Waals surface area contributed by atoms with Gasteiger partial charge in [0.1, 0.15) is 0 Å². The van der Waals surface area contributed by atoms with Crippen molar-refractivity contribution in [3.05, 3.63) is 60.2 Å². The van der Waals surface area contributed by atoms with Crippen LogP contribution >= 0.6 is 12.4 Å². The molecule has 1 N–H and O–H groups in total. The lowest BCUT2D eigenvalue weighted by atomic mass is 10.1. The molecule has 0 aliphatic carbocycles. The summed E-state index contributed by atoms with van der Waals surface area (Å²) < 4.78 is 11.4. The van der Waals surface area contributed by atoms with Crippen molar-refractivity contribution in [3.8, 4) is 11.5 Å². The Morgan fingerprint density at radius 1 is 0.931 bits per heavy atom. The summed E-state index contributed by atoms with van der Waals surface area (Å²) in [5, 5.41) is 3.03. The van der Waals surface area contributed by atoms with E-state index in [0.717, 1.165) is 12.1 Å². The Hall–Kier alpha value is -2.24. The normalized spacial score (nSPS) is 11.9. The average Bonchev–Trinajstić information content (AvgIpc) is 2.69. The zero-order chi connectivity index (χ0) is 20.5.